The van der Waals surface area contributed by atoms with Gasteiger partial charge < -0.3 is 4.98 Å². The van der Waals surface area contributed by atoms with Gasteiger partial charge in [-0.1, -0.05) is 0 Å². The van der Waals surface area contributed by atoms with E-state index in [0.29, 0.717) is 6.20 Å². The molecular formula is C6H3BrClF2NO3S. The topological polar surface area (TPSA) is 67.0 Å². The lowest BCUT2D eigenvalue weighted by atomic mass is 10.3. The van der Waals surface area contributed by atoms with Crippen molar-refractivity contribution in [1.29, 1.82) is 0 Å². The molecular weight excluding hydrogens is 319 g/mol. The Labute approximate surface area is 95.8 Å². The summed E-state index contributed by atoms with van der Waals surface area (Å²) < 4.78 is 45.6. The zero-order valence-corrected chi connectivity index (χ0v) is 9.96. The largest absolute Gasteiger partial charge is 0.350 e. The molecule has 0 atom stereocenters. The van der Waals surface area contributed by atoms with Crippen molar-refractivity contribution in [3.8, 4) is 0 Å². The smallest absolute Gasteiger partial charge is 0.277 e. The highest BCUT2D eigenvalue weighted by atomic mass is 79.9. The Bertz CT molecular complexity index is 542. The van der Waals surface area contributed by atoms with Crippen LogP contribution >= 0.6 is 26.6 Å². The predicted molar refractivity (Wildman–Crippen MR) is 52.8 cm³/mol. The second kappa shape index (κ2) is 4.18. The van der Waals surface area contributed by atoms with Gasteiger partial charge in [0.1, 0.15) is 4.47 Å². The number of hydrogen-bond donors (Lipinski definition) is 1. The number of nitrogens with one attached hydrogen (secondary N) is 1. The molecule has 1 aromatic rings. The molecule has 4 nitrogen and oxygen atoms in total. The summed E-state index contributed by atoms with van der Waals surface area (Å²) in [6, 6.07) is 0. The first-order chi connectivity index (χ1) is 6.75. The molecule has 0 saturated carbocycles. The van der Waals surface area contributed by atoms with Crippen molar-refractivity contribution in [1.82, 2.24) is 4.98 Å². The van der Waals surface area contributed by atoms with Gasteiger partial charge in [-0.25, -0.2) is 17.2 Å². The van der Waals surface area contributed by atoms with Crippen LogP contribution in [-0.4, -0.2) is 13.4 Å². The van der Waals surface area contributed by atoms with E-state index < -0.39 is 36.0 Å². The number of H-pyrrole nitrogens is 1. The average molecular weight is 323 g/mol. The fourth-order valence-corrected chi connectivity index (χ4v) is 2.98. The molecule has 1 heterocycles. The van der Waals surface area contributed by atoms with Crippen molar-refractivity contribution in [3.05, 3.63) is 26.5 Å². The first-order valence-corrected chi connectivity index (χ1v) is 6.49. The van der Waals surface area contributed by atoms with Crippen molar-refractivity contribution in [2.24, 2.45) is 0 Å². The van der Waals surface area contributed by atoms with E-state index in [0.717, 1.165) is 0 Å². The van der Waals surface area contributed by atoms with Gasteiger partial charge in [0.2, 0.25) is 5.43 Å². The van der Waals surface area contributed by atoms with E-state index in [-0.39, 0.29) is 0 Å². The summed E-state index contributed by atoms with van der Waals surface area (Å²) in [6.45, 7) is 0. The quantitative estimate of drug-likeness (QED) is 0.847. The highest BCUT2D eigenvalue weighted by Crippen LogP contribution is 2.22. The van der Waals surface area contributed by atoms with Gasteiger partial charge in [0.05, 0.1) is 5.56 Å². The van der Waals surface area contributed by atoms with E-state index in [1.54, 1.807) is 0 Å². The van der Waals surface area contributed by atoms with Gasteiger partial charge in [0.15, 0.2) is 5.03 Å². The van der Waals surface area contributed by atoms with Crippen LogP contribution in [0.1, 0.15) is 12.0 Å². The van der Waals surface area contributed by atoms with Gasteiger partial charge in [0, 0.05) is 16.9 Å². The van der Waals surface area contributed by atoms with Crippen LogP contribution in [0.5, 0.6) is 0 Å². The SMILES string of the molecule is O=c1c(C(F)F)c[nH]c(S(=O)(=O)Cl)c1Br. The van der Waals surface area contributed by atoms with Gasteiger partial charge >= 0.3 is 0 Å². The zero-order chi connectivity index (χ0) is 11.8. The van der Waals surface area contributed by atoms with E-state index >= 15 is 0 Å². The minimum Gasteiger partial charge on any atom is -0.350 e. The standard InChI is InChI=1S/C6H3BrClF2NO3S/c7-3-4(12)2(5(9)10)1-11-6(3)15(8,13)14/h1,5H,(H,11,12). The monoisotopic (exact) mass is 321 g/mol. The van der Waals surface area contributed by atoms with E-state index in [4.69, 9.17) is 10.7 Å². The minimum absolute atomic E-state index is 0.532. The maximum Gasteiger partial charge on any atom is 0.277 e. The molecule has 15 heavy (non-hydrogen) atoms. The number of aromatic amines is 1. The molecule has 0 aliphatic heterocycles. The fourth-order valence-electron chi connectivity index (χ4n) is 0.842. The summed E-state index contributed by atoms with van der Waals surface area (Å²) >= 11 is 2.59. The third kappa shape index (κ3) is 2.56. The third-order valence-electron chi connectivity index (χ3n) is 1.50. The van der Waals surface area contributed by atoms with Gasteiger partial charge in [-0.15, -0.1) is 0 Å². The second-order valence-electron chi connectivity index (χ2n) is 2.45. The average Bonchev–Trinajstić information content (AvgIpc) is 2.06. The van der Waals surface area contributed by atoms with Crippen LogP contribution in [0.4, 0.5) is 8.78 Å². The number of rotatable bonds is 2. The van der Waals surface area contributed by atoms with Crippen LogP contribution in [0, 0.1) is 0 Å². The molecule has 0 amide bonds. The van der Waals surface area contributed by atoms with Crippen LogP contribution < -0.4 is 5.43 Å². The molecule has 0 fully saturated rings. The molecule has 0 aromatic carbocycles. The van der Waals surface area contributed by atoms with Crippen molar-refractivity contribution in [2.75, 3.05) is 0 Å². The highest BCUT2D eigenvalue weighted by molar-refractivity contribution is 9.10. The third-order valence-corrected chi connectivity index (χ3v) is 3.79. The fraction of sp³-hybridized carbons (Fsp3) is 0.167. The Morgan fingerprint density at radius 1 is 1.47 bits per heavy atom. The molecule has 1 aromatic heterocycles. The van der Waals surface area contributed by atoms with Gasteiger partial charge in [-0.05, 0) is 15.9 Å². The van der Waals surface area contributed by atoms with Crippen LogP contribution in [-0.2, 0) is 9.05 Å². The molecule has 1 rings (SSSR count). The second-order valence-corrected chi connectivity index (χ2v) is 5.75. The maximum absolute atomic E-state index is 12.2. The van der Waals surface area contributed by atoms with E-state index in [9.17, 15) is 22.0 Å². The summed E-state index contributed by atoms with van der Waals surface area (Å²) in [4.78, 5) is 13.2. The molecule has 0 unspecified atom stereocenters. The van der Waals surface area contributed by atoms with E-state index in [1.807, 2.05) is 4.98 Å². The Morgan fingerprint density at radius 3 is 2.40 bits per heavy atom. The molecule has 1 N–H and O–H groups in total. The molecule has 0 radical (unpaired) electrons. The summed E-state index contributed by atoms with van der Waals surface area (Å²) in [5, 5.41) is -0.640. The molecule has 0 bridgehead atoms. The van der Waals surface area contributed by atoms with Gasteiger partial charge in [-0.3, -0.25) is 4.79 Å². The number of halogens is 4. The molecule has 0 saturated heterocycles. The van der Waals surface area contributed by atoms with Crippen molar-refractivity contribution in [3.63, 3.8) is 0 Å². The summed E-state index contributed by atoms with van der Waals surface area (Å²) in [6.07, 6.45) is -2.37. The van der Waals surface area contributed by atoms with Crippen LogP contribution in [0.25, 0.3) is 0 Å². The van der Waals surface area contributed by atoms with Gasteiger partial charge in [0.25, 0.3) is 15.5 Å². The van der Waals surface area contributed by atoms with Crippen LogP contribution in [0.15, 0.2) is 20.5 Å². The lowest BCUT2D eigenvalue weighted by molar-refractivity contribution is 0.149. The molecule has 0 spiro atoms. The van der Waals surface area contributed by atoms with Crippen molar-refractivity contribution in [2.45, 2.75) is 11.5 Å². The number of alkyl halides is 2. The predicted octanol–water partition coefficient (Wildman–Crippen LogP) is 2.00. The first kappa shape index (κ1) is 12.6. The Balaban J connectivity index is 3.56. The first-order valence-electron chi connectivity index (χ1n) is 3.39. The van der Waals surface area contributed by atoms with Crippen molar-refractivity contribution < 1.29 is 17.2 Å². The summed E-state index contributed by atoms with van der Waals surface area (Å²) in [5.74, 6) is 0. The van der Waals surface area contributed by atoms with Gasteiger partial charge in [-0.2, -0.15) is 0 Å². The number of hydrogen-bond acceptors (Lipinski definition) is 3. The van der Waals surface area contributed by atoms with Crippen LogP contribution in [0.3, 0.4) is 0 Å². The van der Waals surface area contributed by atoms with E-state index in [1.165, 1.54) is 0 Å². The molecule has 9 heteroatoms. The molecule has 84 valence electrons. The lowest BCUT2D eigenvalue weighted by Crippen LogP contribution is -2.14. The molecule has 0 aliphatic carbocycles. The minimum atomic E-state index is -4.17. The maximum atomic E-state index is 12.2. The zero-order valence-electron chi connectivity index (χ0n) is 6.80. The Hall–Kier alpha value is -0.470. The highest BCUT2D eigenvalue weighted by Gasteiger charge is 2.22. The number of aromatic nitrogens is 1. The van der Waals surface area contributed by atoms with Crippen molar-refractivity contribution >= 4 is 35.7 Å². The number of pyridine rings is 1. The Kier molecular flexibility index (Phi) is 3.51. The van der Waals surface area contributed by atoms with Crippen LogP contribution in [0.2, 0.25) is 0 Å². The summed E-state index contributed by atoms with van der Waals surface area (Å²) in [7, 11) is 0.779. The lowest BCUT2D eigenvalue weighted by Gasteiger charge is -2.03. The molecule has 0 aliphatic rings. The normalized spacial score (nSPS) is 12.1. The van der Waals surface area contributed by atoms with E-state index in [2.05, 4.69) is 15.9 Å². The summed E-state index contributed by atoms with van der Waals surface area (Å²) in [5.41, 5.74) is -1.94. The Morgan fingerprint density at radius 2 is 2.00 bits per heavy atom.